The lowest BCUT2D eigenvalue weighted by Gasteiger charge is -2.30. The van der Waals surface area contributed by atoms with Crippen LogP contribution < -0.4 is 14.8 Å². The Kier molecular flexibility index (Phi) is 3.34. The molecule has 1 aliphatic heterocycles. The summed E-state index contributed by atoms with van der Waals surface area (Å²) < 4.78 is 11.1. The van der Waals surface area contributed by atoms with Gasteiger partial charge in [-0.15, -0.1) is 0 Å². The van der Waals surface area contributed by atoms with E-state index in [0.717, 1.165) is 24.5 Å². The molecule has 0 spiro atoms. The summed E-state index contributed by atoms with van der Waals surface area (Å²) in [5.41, 5.74) is 1.29. The monoisotopic (exact) mass is 221 g/mol. The van der Waals surface area contributed by atoms with Crippen LogP contribution in [0.1, 0.15) is 24.8 Å². The van der Waals surface area contributed by atoms with Gasteiger partial charge >= 0.3 is 0 Å². The Morgan fingerprint density at radius 1 is 1.50 bits per heavy atom. The minimum absolute atomic E-state index is 0.276. The maximum absolute atomic E-state index is 5.84. The maximum Gasteiger partial charge on any atom is 0.126 e. The highest BCUT2D eigenvalue weighted by Crippen LogP contribution is 2.37. The number of rotatable bonds is 3. The molecule has 0 bridgehead atoms. The van der Waals surface area contributed by atoms with Gasteiger partial charge in [-0.2, -0.15) is 0 Å². The highest BCUT2D eigenvalue weighted by atomic mass is 16.5. The second-order valence-electron chi connectivity index (χ2n) is 4.32. The Balaban J connectivity index is 2.31. The summed E-state index contributed by atoms with van der Waals surface area (Å²) in [4.78, 5) is 0. The summed E-state index contributed by atoms with van der Waals surface area (Å²) >= 11 is 0. The van der Waals surface area contributed by atoms with Crippen LogP contribution in [0.5, 0.6) is 11.5 Å². The van der Waals surface area contributed by atoms with Crippen LogP contribution in [0.4, 0.5) is 0 Å². The summed E-state index contributed by atoms with van der Waals surface area (Å²) in [6.45, 7) is 3.11. The van der Waals surface area contributed by atoms with E-state index in [0.29, 0.717) is 5.92 Å². The molecule has 1 aromatic rings. The molecule has 2 unspecified atom stereocenters. The number of methoxy groups -OCH3 is 1. The van der Waals surface area contributed by atoms with Crippen molar-refractivity contribution >= 4 is 0 Å². The van der Waals surface area contributed by atoms with E-state index in [2.05, 4.69) is 18.3 Å². The fourth-order valence-electron chi connectivity index (χ4n) is 2.31. The molecule has 0 amide bonds. The van der Waals surface area contributed by atoms with Crippen LogP contribution in [0.25, 0.3) is 0 Å². The van der Waals surface area contributed by atoms with Gasteiger partial charge in [-0.25, -0.2) is 0 Å². The summed E-state index contributed by atoms with van der Waals surface area (Å²) in [5, 5.41) is 3.24. The highest BCUT2D eigenvalue weighted by molar-refractivity contribution is 5.44. The number of fused-ring (bicyclic) bond motifs is 1. The van der Waals surface area contributed by atoms with Crippen LogP contribution in [0, 0.1) is 0 Å². The van der Waals surface area contributed by atoms with Gasteiger partial charge in [0.25, 0.3) is 0 Å². The molecule has 88 valence electrons. The fraction of sp³-hybridized carbons (Fsp3) is 0.538. The molecule has 3 nitrogen and oxygen atoms in total. The van der Waals surface area contributed by atoms with Crippen LogP contribution in [0.2, 0.25) is 0 Å². The first kappa shape index (κ1) is 11.3. The molecular formula is C13H19NO2. The fourth-order valence-corrected chi connectivity index (χ4v) is 2.31. The van der Waals surface area contributed by atoms with Crippen molar-refractivity contribution in [2.75, 3.05) is 20.7 Å². The smallest absolute Gasteiger partial charge is 0.126 e. The van der Waals surface area contributed by atoms with E-state index in [1.807, 2.05) is 19.2 Å². The first-order chi connectivity index (χ1) is 7.74. The predicted octanol–water partition coefficient (Wildman–Crippen LogP) is 2.17. The lowest BCUT2D eigenvalue weighted by atomic mass is 9.90. The van der Waals surface area contributed by atoms with Crippen LogP contribution in [0.15, 0.2) is 18.2 Å². The van der Waals surface area contributed by atoms with E-state index in [9.17, 15) is 0 Å². The van der Waals surface area contributed by atoms with Crippen molar-refractivity contribution in [1.82, 2.24) is 5.32 Å². The maximum atomic E-state index is 5.84. The second-order valence-corrected chi connectivity index (χ2v) is 4.32. The Morgan fingerprint density at radius 2 is 2.31 bits per heavy atom. The van der Waals surface area contributed by atoms with Crippen molar-refractivity contribution in [3.63, 3.8) is 0 Å². The van der Waals surface area contributed by atoms with Gasteiger partial charge in [-0.1, -0.05) is 6.07 Å². The number of hydrogen-bond donors (Lipinski definition) is 1. The summed E-state index contributed by atoms with van der Waals surface area (Å²) in [6, 6.07) is 6.09. The molecule has 1 heterocycles. The molecule has 0 saturated carbocycles. The molecule has 0 radical (unpaired) electrons. The summed E-state index contributed by atoms with van der Waals surface area (Å²) in [7, 11) is 3.67. The van der Waals surface area contributed by atoms with Gasteiger partial charge in [-0.3, -0.25) is 0 Å². The average Bonchev–Trinajstić information content (AvgIpc) is 2.28. The second kappa shape index (κ2) is 4.74. The standard InChI is InChI=1S/C13H19NO2/c1-9-6-10(8-14-2)12-5-4-11(15-3)7-13(12)16-9/h4-5,7,9-10,14H,6,8H2,1-3H3. The third-order valence-electron chi connectivity index (χ3n) is 3.06. The zero-order valence-corrected chi connectivity index (χ0v) is 10.1. The minimum Gasteiger partial charge on any atom is -0.497 e. The van der Waals surface area contributed by atoms with Crippen LogP contribution in [-0.2, 0) is 0 Å². The molecule has 0 aliphatic carbocycles. The number of likely N-dealkylation sites (N-methyl/N-ethyl adjacent to an activating group) is 1. The van der Waals surface area contributed by atoms with E-state index in [1.165, 1.54) is 5.56 Å². The van der Waals surface area contributed by atoms with Crippen LogP contribution in [0.3, 0.4) is 0 Å². The molecule has 3 heteroatoms. The first-order valence-electron chi connectivity index (χ1n) is 5.73. The van der Waals surface area contributed by atoms with Gasteiger partial charge in [0.15, 0.2) is 0 Å². The van der Waals surface area contributed by atoms with Gasteiger partial charge in [0, 0.05) is 18.5 Å². The lowest BCUT2D eigenvalue weighted by Crippen LogP contribution is -2.28. The largest absolute Gasteiger partial charge is 0.497 e. The van der Waals surface area contributed by atoms with Crippen LogP contribution >= 0.6 is 0 Å². The SMILES string of the molecule is CNCC1CC(C)Oc2cc(OC)ccc21. The molecule has 16 heavy (non-hydrogen) atoms. The summed E-state index contributed by atoms with van der Waals surface area (Å²) in [5.74, 6) is 2.36. The molecule has 1 aliphatic rings. The Hall–Kier alpha value is -1.22. The molecule has 0 saturated heterocycles. The Bertz CT molecular complexity index is 365. The topological polar surface area (TPSA) is 30.5 Å². The Labute approximate surface area is 96.8 Å². The Morgan fingerprint density at radius 3 is 3.00 bits per heavy atom. The van der Waals surface area contributed by atoms with Crippen molar-refractivity contribution in [3.05, 3.63) is 23.8 Å². The minimum atomic E-state index is 0.276. The number of nitrogens with one attached hydrogen (secondary N) is 1. The summed E-state index contributed by atoms with van der Waals surface area (Å²) in [6.07, 6.45) is 1.35. The predicted molar refractivity (Wildman–Crippen MR) is 64.4 cm³/mol. The third-order valence-corrected chi connectivity index (χ3v) is 3.06. The highest BCUT2D eigenvalue weighted by Gasteiger charge is 2.25. The molecule has 1 aromatic carbocycles. The number of hydrogen-bond acceptors (Lipinski definition) is 3. The molecule has 2 atom stereocenters. The zero-order valence-electron chi connectivity index (χ0n) is 10.1. The lowest BCUT2D eigenvalue weighted by molar-refractivity contribution is 0.174. The van der Waals surface area contributed by atoms with Gasteiger partial charge in [0.2, 0.25) is 0 Å². The van der Waals surface area contributed by atoms with E-state index in [-0.39, 0.29) is 6.10 Å². The van der Waals surface area contributed by atoms with Gasteiger partial charge < -0.3 is 14.8 Å². The average molecular weight is 221 g/mol. The third kappa shape index (κ3) is 2.14. The van der Waals surface area contributed by atoms with E-state index in [4.69, 9.17) is 9.47 Å². The van der Waals surface area contributed by atoms with Crippen LogP contribution in [-0.4, -0.2) is 26.8 Å². The van der Waals surface area contributed by atoms with Crippen molar-refractivity contribution < 1.29 is 9.47 Å². The first-order valence-corrected chi connectivity index (χ1v) is 5.73. The molecule has 0 aromatic heterocycles. The van der Waals surface area contributed by atoms with Gasteiger partial charge in [-0.05, 0) is 32.0 Å². The van der Waals surface area contributed by atoms with E-state index >= 15 is 0 Å². The van der Waals surface area contributed by atoms with Gasteiger partial charge in [0.05, 0.1) is 13.2 Å². The molecule has 2 rings (SSSR count). The van der Waals surface area contributed by atoms with Crippen molar-refractivity contribution in [2.45, 2.75) is 25.4 Å². The molecule has 0 fully saturated rings. The van der Waals surface area contributed by atoms with Crippen molar-refractivity contribution in [1.29, 1.82) is 0 Å². The van der Waals surface area contributed by atoms with E-state index < -0.39 is 0 Å². The van der Waals surface area contributed by atoms with Crippen molar-refractivity contribution in [3.8, 4) is 11.5 Å². The number of ether oxygens (including phenoxy) is 2. The quantitative estimate of drug-likeness (QED) is 0.848. The number of benzene rings is 1. The molecular weight excluding hydrogens is 202 g/mol. The van der Waals surface area contributed by atoms with Crippen molar-refractivity contribution in [2.24, 2.45) is 0 Å². The van der Waals surface area contributed by atoms with Gasteiger partial charge in [0.1, 0.15) is 11.5 Å². The normalized spacial score (nSPS) is 23.4. The zero-order chi connectivity index (χ0) is 11.5. The van der Waals surface area contributed by atoms with E-state index in [1.54, 1.807) is 7.11 Å². The molecule has 1 N–H and O–H groups in total.